The van der Waals surface area contributed by atoms with Crippen LogP contribution in [0.1, 0.15) is 48.2 Å². The normalized spacial score (nSPS) is 19.3. The number of carbonyl (C=O) groups excluding carboxylic acids is 1. The predicted octanol–water partition coefficient (Wildman–Crippen LogP) is 2.56. The van der Waals surface area contributed by atoms with E-state index in [1.807, 2.05) is 6.92 Å². The fourth-order valence-corrected chi connectivity index (χ4v) is 4.99. The summed E-state index contributed by atoms with van der Waals surface area (Å²) in [6.45, 7) is 4.89. The van der Waals surface area contributed by atoms with Crippen molar-refractivity contribution in [2.24, 2.45) is 0 Å². The fourth-order valence-electron chi connectivity index (χ4n) is 4.33. The molecule has 1 fully saturated rings. The minimum Gasteiger partial charge on any atom is -0.336 e. The van der Waals surface area contributed by atoms with Crippen LogP contribution in [0.15, 0.2) is 17.1 Å². The van der Waals surface area contributed by atoms with Crippen LogP contribution in [0.2, 0.25) is 0 Å². The zero-order valence-electron chi connectivity index (χ0n) is 17.5. The minimum absolute atomic E-state index is 0.000420. The van der Waals surface area contributed by atoms with Crippen molar-refractivity contribution in [3.8, 4) is 0 Å². The molecule has 3 heterocycles. The molecule has 162 valence electrons. The second-order valence-electron chi connectivity index (χ2n) is 8.18. The third kappa shape index (κ3) is 5.26. The van der Waals surface area contributed by atoms with E-state index in [1.165, 1.54) is 11.3 Å². The number of nitrogens with zero attached hydrogens (tertiary/aromatic N) is 4. The van der Waals surface area contributed by atoms with Crippen molar-refractivity contribution in [3.63, 3.8) is 0 Å². The molecule has 1 saturated heterocycles. The van der Waals surface area contributed by atoms with Crippen LogP contribution in [0.4, 0.5) is 9.93 Å². The molecule has 2 aromatic heterocycles. The molecule has 1 atom stereocenters. The first-order chi connectivity index (χ1) is 14.6. The zero-order chi connectivity index (χ0) is 20.9. The molecule has 2 aromatic rings. The molecule has 9 heteroatoms. The van der Waals surface area contributed by atoms with E-state index in [9.17, 15) is 9.59 Å². The maximum absolute atomic E-state index is 12.4. The summed E-state index contributed by atoms with van der Waals surface area (Å²) in [6.07, 6.45) is 9.35. The number of fused-ring (bicyclic) bond motifs is 1. The summed E-state index contributed by atoms with van der Waals surface area (Å²) in [5.74, 6) is 0. The number of likely N-dealkylation sites (tertiary alicyclic amines) is 1. The first kappa shape index (κ1) is 21.0. The van der Waals surface area contributed by atoms with Crippen molar-refractivity contribution < 1.29 is 4.79 Å². The van der Waals surface area contributed by atoms with Crippen LogP contribution >= 0.6 is 11.3 Å². The fraction of sp³-hybridized carbons (Fsp3) is 0.619. The molecule has 2 aliphatic rings. The maximum Gasteiger partial charge on any atom is 0.321 e. The molecule has 0 saturated carbocycles. The minimum atomic E-state index is -0.220. The van der Waals surface area contributed by atoms with E-state index in [0.29, 0.717) is 18.2 Å². The quantitative estimate of drug-likeness (QED) is 0.735. The van der Waals surface area contributed by atoms with Gasteiger partial charge in [-0.1, -0.05) is 6.42 Å². The van der Waals surface area contributed by atoms with Gasteiger partial charge in [-0.2, -0.15) is 5.10 Å². The third-order valence-electron chi connectivity index (χ3n) is 5.96. The van der Waals surface area contributed by atoms with Crippen LogP contribution in [-0.2, 0) is 19.4 Å². The van der Waals surface area contributed by atoms with Gasteiger partial charge in [-0.15, -0.1) is 11.3 Å². The molecule has 8 nitrogen and oxygen atoms in total. The maximum atomic E-state index is 12.4. The number of piperidine rings is 1. The van der Waals surface area contributed by atoms with Gasteiger partial charge in [0.05, 0.1) is 12.2 Å². The highest BCUT2D eigenvalue weighted by Gasteiger charge is 2.23. The molecule has 30 heavy (non-hydrogen) atoms. The standard InChI is InChI=1S/C21H30N6O2S/c1-15-13-23-21(30-15)24-20(29)22-14-17-7-4-5-9-26(17)10-11-27-19(28)12-16-6-2-3-8-18(16)25-27/h12-13,17H,2-11,14H2,1H3,(H2,22,23,24,29). The number of hydrogen-bond donors (Lipinski definition) is 2. The van der Waals surface area contributed by atoms with E-state index in [0.717, 1.165) is 74.2 Å². The Balaban J connectivity index is 1.31. The topological polar surface area (TPSA) is 92.2 Å². The van der Waals surface area contributed by atoms with Crippen molar-refractivity contribution in [1.82, 2.24) is 25.0 Å². The van der Waals surface area contributed by atoms with Gasteiger partial charge in [0.1, 0.15) is 0 Å². The second kappa shape index (κ2) is 9.70. The van der Waals surface area contributed by atoms with Crippen molar-refractivity contribution >= 4 is 22.5 Å². The van der Waals surface area contributed by atoms with Crippen LogP contribution in [0, 0.1) is 6.92 Å². The van der Waals surface area contributed by atoms with Crippen LogP contribution in [0.5, 0.6) is 0 Å². The van der Waals surface area contributed by atoms with Gasteiger partial charge < -0.3 is 5.32 Å². The number of nitrogens with one attached hydrogen (secondary N) is 2. The highest BCUT2D eigenvalue weighted by molar-refractivity contribution is 7.15. The van der Waals surface area contributed by atoms with E-state index in [2.05, 4.69) is 25.6 Å². The van der Waals surface area contributed by atoms with Gasteiger partial charge >= 0.3 is 6.03 Å². The van der Waals surface area contributed by atoms with Crippen LogP contribution < -0.4 is 16.2 Å². The Kier molecular flexibility index (Phi) is 6.79. The summed E-state index contributed by atoms with van der Waals surface area (Å²) in [7, 11) is 0. The predicted molar refractivity (Wildman–Crippen MR) is 118 cm³/mol. The van der Waals surface area contributed by atoms with Gasteiger partial charge in [-0.05, 0) is 57.6 Å². The molecular formula is C21H30N6O2S. The molecule has 0 radical (unpaired) electrons. The largest absolute Gasteiger partial charge is 0.336 e. The van der Waals surface area contributed by atoms with Crippen LogP contribution in [0.25, 0.3) is 0 Å². The lowest BCUT2D eigenvalue weighted by molar-refractivity contribution is 0.139. The number of anilines is 1. The number of aryl methyl sites for hydroxylation is 3. The van der Waals surface area contributed by atoms with Gasteiger partial charge in [0.15, 0.2) is 5.13 Å². The Bertz CT molecular complexity index is 940. The summed E-state index contributed by atoms with van der Waals surface area (Å²) in [5.41, 5.74) is 2.22. The molecule has 2 amide bonds. The zero-order valence-corrected chi connectivity index (χ0v) is 18.3. The van der Waals surface area contributed by atoms with Gasteiger partial charge in [-0.3, -0.25) is 15.0 Å². The summed E-state index contributed by atoms with van der Waals surface area (Å²) in [6, 6.07) is 1.83. The van der Waals surface area contributed by atoms with Crippen molar-refractivity contribution in [2.45, 2.75) is 64.5 Å². The number of hydrogen-bond acceptors (Lipinski definition) is 6. The van der Waals surface area contributed by atoms with Gasteiger partial charge in [0, 0.05) is 36.3 Å². The summed E-state index contributed by atoms with van der Waals surface area (Å²) < 4.78 is 1.63. The number of urea groups is 1. The van der Waals surface area contributed by atoms with Gasteiger partial charge in [0.25, 0.3) is 5.56 Å². The lowest BCUT2D eigenvalue weighted by atomic mass is 9.97. The van der Waals surface area contributed by atoms with Gasteiger partial charge in [-0.25, -0.2) is 14.5 Å². The number of amides is 2. The average Bonchev–Trinajstić information content (AvgIpc) is 3.15. The Morgan fingerprint density at radius 2 is 2.10 bits per heavy atom. The highest BCUT2D eigenvalue weighted by Crippen LogP contribution is 2.19. The smallest absolute Gasteiger partial charge is 0.321 e. The van der Waals surface area contributed by atoms with Crippen molar-refractivity contribution in [1.29, 1.82) is 0 Å². The monoisotopic (exact) mass is 430 g/mol. The Labute approximate surface area is 180 Å². The van der Waals surface area contributed by atoms with Gasteiger partial charge in [0.2, 0.25) is 0 Å². The lowest BCUT2D eigenvalue weighted by Gasteiger charge is -2.35. The number of thiazole rings is 1. The van der Waals surface area contributed by atoms with E-state index in [1.54, 1.807) is 16.9 Å². The highest BCUT2D eigenvalue weighted by atomic mass is 32.1. The molecule has 2 N–H and O–H groups in total. The lowest BCUT2D eigenvalue weighted by Crippen LogP contribution is -2.48. The van der Waals surface area contributed by atoms with Crippen LogP contribution in [0.3, 0.4) is 0 Å². The number of carbonyl (C=O) groups is 1. The summed E-state index contributed by atoms with van der Waals surface area (Å²) in [4.78, 5) is 32.3. The van der Waals surface area contributed by atoms with E-state index >= 15 is 0 Å². The molecule has 1 aliphatic carbocycles. The van der Waals surface area contributed by atoms with E-state index < -0.39 is 0 Å². The average molecular weight is 431 g/mol. The molecule has 0 aromatic carbocycles. The Morgan fingerprint density at radius 3 is 2.93 bits per heavy atom. The SMILES string of the molecule is Cc1cnc(NC(=O)NCC2CCCCN2CCn2nc3c(cc2=O)CCCC3)s1. The van der Waals surface area contributed by atoms with Crippen LogP contribution in [-0.4, -0.2) is 51.4 Å². The van der Waals surface area contributed by atoms with Crippen molar-refractivity contribution in [3.05, 3.63) is 38.8 Å². The van der Waals surface area contributed by atoms with E-state index in [-0.39, 0.29) is 17.6 Å². The molecule has 1 aliphatic heterocycles. The molecule has 0 bridgehead atoms. The first-order valence-corrected chi connectivity index (χ1v) is 11.7. The van der Waals surface area contributed by atoms with Crippen molar-refractivity contribution in [2.75, 3.05) is 25.0 Å². The summed E-state index contributed by atoms with van der Waals surface area (Å²) >= 11 is 1.46. The first-order valence-electron chi connectivity index (χ1n) is 10.9. The summed E-state index contributed by atoms with van der Waals surface area (Å²) in [5, 5.41) is 11.0. The Morgan fingerprint density at radius 1 is 1.23 bits per heavy atom. The molecular weight excluding hydrogens is 400 g/mol. The third-order valence-corrected chi connectivity index (χ3v) is 6.79. The molecule has 4 rings (SSSR count). The second-order valence-corrected chi connectivity index (χ2v) is 9.42. The number of rotatable bonds is 6. The molecule has 1 unspecified atom stereocenters. The van der Waals surface area contributed by atoms with E-state index in [4.69, 9.17) is 0 Å². The molecule has 0 spiro atoms. The number of aromatic nitrogens is 3. The Hall–Kier alpha value is -2.26.